The van der Waals surface area contributed by atoms with Gasteiger partial charge < -0.3 is 10.2 Å². The van der Waals surface area contributed by atoms with E-state index < -0.39 is 5.97 Å². The van der Waals surface area contributed by atoms with Crippen molar-refractivity contribution in [1.82, 2.24) is 0 Å². The van der Waals surface area contributed by atoms with Gasteiger partial charge >= 0.3 is 5.97 Å². The van der Waals surface area contributed by atoms with E-state index >= 15 is 0 Å². The summed E-state index contributed by atoms with van der Waals surface area (Å²) in [6.07, 6.45) is 1.60. The van der Waals surface area contributed by atoms with Crippen molar-refractivity contribution in [1.29, 1.82) is 0 Å². The lowest BCUT2D eigenvalue weighted by Crippen LogP contribution is -2.30. The van der Waals surface area contributed by atoms with Crippen LogP contribution in [0.1, 0.15) is 26.2 Å². The van der Waals surface area contributed by atoms with Crippen LogP contribution in [0.2, 0.25) is 0 Å². The zero-order valence-corrected chi connectivity index (χ0v) is 6.66. The van der Waals surface area contributed by atoms with E-state index in [0.29, 0.717) is 19.3 Å². The molecule has 0 saturated heterocycles. The standard InChI is InChI=1S/C8H14O3/c1-5-4-6(8(10)11)2-3-7(5)9/h5-7,9H,2-4H2,1H3,(H,10,11). The van der Waals surface area contributed by atoms with E-state index in [0.717, 1.165) is 0 Å². The summed E-state index contributed by atoms with van der Waals surface area (Å²) in [5.74, 6) is -0.804. The Labute approximate surface area is 66.0 Å². The molecule has 0 heterocycles. The molecular weight excluding hydrogens is 144 g/mol. The number of rotatable bonds is 1. The fourth-order valence-electron chi connectivity index (χ4n) is 1.60. The third-order valence-corrected chi connectivity index (χ3v) is 2.47. The lowest BCUT2D eigenvalue weighted by atomic mass is 9.80. The summed E-state index contributed by atoms with van der Waals surface area (Å²) >= 11 is 0. The molecule has 1 fully saturated rings. The van der Waals surface area contributed by atoms with Gasteiger partial charge in [-0.15, -0.1) is 0 Å². The highest BCUT2D eigenvalue weighted by Crippen LogP contribution is 2.28. The van der Waals surface area contributed by atoms with Gasteiger partial charge in [0.05, 0.1) is 12.0 Å². The molecule has 3 nitrogen and oxygen atoms in total. The molecule has 3 unspecified atom stereocenters. The van der Waals surface area contributed by atoms with Gasteiger partial charge in [0.25, 0.3) is 0 Å². The Morgan fingerprint density at radius 1 is 1.45 bits per heavy atom. The number of aliphatic hydroxyl groups is 1. The van der Waals surface area contributed by atoms with E-state index in [1.54, 1.807) is 0 Å². The minimum atomic E-state index is -0.719. The van der Waals surface area contributed by atoms with Crippen LogP contribution < -0.4 is 0 Å². The van der Waals surface area contributed by atoms with Crippen molar-refractivity contribution in [3.05, 3.63) is 0 Å². The van der Waals surface area contributed by atoms with E-state index in [-0.39, 0.29) is 17.9 Å². The number of aliphatic carboxylic acids is 1. The molecule has 2 N–H and O–H groups in total. The van der Waals surface area contributed by atoms with Crippen LogP contribution in [0.3, 0.4) is 0 Å². The van der Waals surface area contributed by atoms with E-state index in [4.69, 9.17) is 5.11 Å². The van der Waals surface area contributed by atoms with E-state index in [1.165, 1.54) is 0 Å². The van der Waals surface area contributed by atoms with Crippen LogP contribution in [-0.2, 0) is 4.79 Å². The SMILES string of the molecule is CC1CC(C(=O)O)CCC1O. The highest BCUT2D eigenvalue weighted by Gasteiger charge is 2.29. The van der Waals surface area contributed by atoms with Crippen molar-refractivity contribution in [2.45, 2.75) is 32.3 Å². The van der Waals surface area contributed by atoms with Crippen molar-refractivity contribution in [3.8, 4) is 0 Å². The molecule has 3 atom stereocenters. The molecule has 1 aliphatic carbocycles. The molecule has 0 bridgehead atoms. The Balaban J connectivity index is 2.46. The Morgan fingerprint density at radius 2 is 2.09 bits per heavy atom. The summed E-state index contributed by atoms with van der Waals surface area (Å²) in [5, 5.41) is 17.9. The molecule has 1 rings (SSSR count). The topological polar surface area (TPSA) is 57.5 Å². The smallest absolute Gasteiger partial charge is 0.306 e. The molecule has 0 aromatic rings. The summed E-state index contributed by atoms with van der Waals surface area (Å²) in [7, 11) is 0. The van der Waals surface area contributed by atoms with Gasteiger partial charge in [0.1, 0.15) is 0 Å². The molecule has 0 amide bonds. The van der Waals surface area contributed by atoms with Crippen LogP contribution >= 0.6 is 0 Å². The maximum absolute atomic E-state index is 10.5. The van der Waals surface area contributed by atoms with Gasteiger partial charge in [-0.3, -0.25) is 4.79 Å². The second-order valence-electron chi connectivity index (χ2n) is 3.39. The normalized spacial score (nSPS) is 38.5. The van der Waals surface area contributed by atoms with Crippen LogP contribution in [0.4, 0.5) is 0 Å². The van der Waals surface area contributed by atoms with E-state index in [1.807, 2.05) is 6.92 Å². The zero-order chi connectivity index (χ0) is 8.43. The van der Waals surface area contributed by atoms with Gasteiger partial charge in [0.2, 0.25) is 0 Å². The minimum absolute atomic E-state index is 0.143. The van der Waals surface area contributed by atoms with E-state index in [9.17, 15) is 9.90 Å². The predicted octanol–water partition coefficient (Wildman–Crippen LogP) is 0.868. The van der Waals surface area contributed by atoms with Gasteiger partial charge in [-0.2, -0.15) is 0 Å². The number of hydrogen-bond donors (Lipinski definition) is 2. The van der Waals surface area contributed by atoms with Crippen molar-refractivity contribution in [2.75, 3.05) is 0 Å². The number of hydrogen-bond acceptors (Lipinski definition) is 2. The second-order valence-corrected chi connectivity index (χ2v) is 3.39. The first-order valence-electron chi connectivity index (χ1n) is 4.02. The molecular formula is C8H14O3. The number of carbonyl (C=O) groups is 1. The van der Waals surface area contributed by atoms with Gasteiger partial charge in [-0.05, 0) is 25.2 Å². The van der Waals surface area contributed by atoms with Crippen molar-refractivity contribution in [2.24, 2.45) is 11.8 Å². The Kier molecular flexibility index (Phi) is 2.49. The van der Waals surface area contributed by atoms with Gasteiger partial charge in [-0.25, -0.2) is 0 Å². The van der Waals surface area contributed by atoms with E-state index in [2.05, 4.69) is 0 Å². The first-order chi connectivity index (χ1) is 5.11. The molecule has 1 saturated carbocycles. The Hall–Kier alpha value is -0.570. The van der Waals surface area contributed by atoms with Crippen LogP contribution in [0.25, 0.3) is 0 Å². The monoisotopic (exact) mass is 158 g/mol. The average molecular weight is 158 g/mol. The quantitative estimate of drug-likeness (QED) is 0.595. The van der Waals surface area contributed by atoms with Crippen LogP contribution in [0.15, 0.2) is 0 Å². The fraction of sp³-hybridized carbons (Fsp3) is 0.875. The highest BCUT2D eigenvalue weighted by atomic mass is 16.4. The van der Waals surface area contributed by atoms with Crippen LogP contribution in [0.5, 0.6) is 0 Å². The summed E-state index contributed by atoms with van der Waals surface area (Å²) < 4.78 is 0. The summed E-state index contributed by atoms with van der Waals surface area (Å²) in [4.78, 5) is 10.5. The van der Waals surface area contributed by atoms with Crippen molar-refractivity contribution >= 4 is 5.97 Å². The predicted molar refractivity (Wildman–Crippen MR) is 40.1 cm³/mol. The molecule has 64 valence electrons. The van der Waals surface area contributed by atoms with Crippen molar-refractivity contribution < 1.29 is 15.0 Å². The first kappa shape index (κ1) is 8.53. The minimum Gasteiger partial charge on any atom is -0.481 e. The third-order valence-electron chi connectivity index (χ3n) is 2.47. The fourth-order valence-corrected chi connectivity index (χ4v) is 1.60. The van der Waals surface area contributed by atoms with Gasteiger partial charge in [0.15, 0.2) is 0 Å². The third kappa shape index (κ3) is 1.93. The molecule has 11 heavy (non-hydrogen) atoms. The maximum Gasteiger partial charge on any atom is 0.306 e. The summed E-state index contributed by atoms with van der Waals surface area (Å²) in [6, 6.07) is 0. The van der Waals surface area contributed by atoms with Crippen LogP contribution in [-0.4, -0.2) is 22.3 Å². The lowest BCUT2D eigenvalue weighted by molar-refractivity contribution is -0.144. The zero-order valence-electron chi connectivity index (χ0n) is 6.66. The highest BCUT2D eigenvalue weighted by molar-refractivity contribution is 5.70. The maximum atomic E-state index is 10.5. The number of carboxylic acid groups (broad SMARTS) is 1. The second kappa shape index (κ2) is 3.22. The first-order valence-corrected chi connectivity index (χ1v) is 4.02. The molecule has 0 spiro atoms. The summed E-state index contributed by atoms with van der Waals surface area (Å²) in [6.45, 7) is 1.90. The van der Waals surface area contributed by atoms with Crippen LogP contribution in [0, 0.1) is 11.8 Å². The molecule has 3 heteroatoms. The number of carboxylic acids is 1. The molecule has 0 aromatic carbocycles. The molecule has 0 aliphatic heterocycles. The summed E-state index contributed by atoms with van der Waals surface area (Å²) in [5.41, 5.74) is 0. The largest absolute Gasteiger partial charge is 0.481 e. The Bertz CT molecular complexity index is 155. The molecule has 0 radical (unpaired) electrons. The lowest BCUT2D eigenvalue weighted by Gasteiger charge is -2.28. The average Bonchev–Trinajstić information content (AvgIpc) is 1.94. The van der Waals surface area contributed by atoms with Crippen molar-refractivity contribution in [3.63, 3.8) is 0 Å². The number of aliphatic hydroxyl groups excluding tert-OH is 1. The molecule has 0 aromatic heterocycles. The molecule has 1 aliphatic rings. The van der Waals surface area contributed by atoms with Gasteiger partial charge in [0, 0.05) is 0 Å². The Morgan fingerprint density at radius 3 is 2.55 bits per heavy atom. The van der Waals surface area contributed by atoms with Gasteiger partial charge in [-0.1, -0.05) is 6.92 Å².